The number of carbonyl (C=O) groups is 1. The first kappa shape index (κ1) is 22.1. The molecule has 0 spiro atoms. The second kappa shape index (κ2) is 9.57. The smallest absolute Gasteiger partial charge is 0.225 e. The lowest BCUT2D eigenvalue weighted by Gasteiger charge is -2.40. The van der Waals surface area contributed by atoms with E-state index in [9.17, 15) is 9.90 Å². The Morgan fingerprint density at radius 1 is 1.32 bits per heavy atom. The average molecular weight is 429 g/mol. The molecule has 1 aromatic carbocycles. The summed E-state index contributed by atoms with van der Waals surface area (Å²) in [5, 5.41) is 21.3. The lowest BCUT2D eigenvalue weighted by molar-refractivity contribution is -0.137. The molecule has 2 fully saturated rings. The van der Waals surface area contributed by atoms with Crippen molar-refractivity contribution in [3.8, 4) is 0 Å². The first-order chi connectivity index (χ1) is 14.9. The summed E-state index contributed by atoms with van der Waals surface area (Å²) in [5.74, 6) is 0.540. The van der Waals surface area contributed by atoms with Crippen LogP contribution in [0.1, 0.15) is 52.4 Å². The van der Waals surface area contributed by atoms with Crippen molar-refractivity contribution < 1.29 is 14.6 Å². The lowest BCUT2D eigenvalue weighted by atomic mass is 9.84. The van der Waals surface area contributed by atoms with E-state index < -0.39 is 5.60 Å². The fourth-order valence-electron chi connectivity index (χ4n) is 4.52. The molecule has 31 heavy (non-hydrogen) atoms. The van der Waals surface area contributed by atoms with Crippen LogP contribution < -0.4 is 10.3 Å². The van der Waals surface area contributed by atoms with Crippen LogP contribution in [0.4, 0.5) is 11.4 Å². The van der Waals surface area contributed by atoms with E-state index in [1.54, 1.807) is 0 Å². The topological polar surface area (TPSA) is 77.4 Å². The molecule has 170 valence electrons. The van der Waals surface area contributed by atoms with Crippen LogP contribution >= 0.6 is 0 Å². The second-order valence-electron chi connectivity index (χ2n) is 9.46. The molecule has 1 saturated carbocycles. The van der Waals surface area contributed by atoms with Crippen molar-refractivity contribution in [3.63, 3.8) is 0 Å². The van der Waals surface area contributed by atoms with E-state index in [-0.39, 0.29) is 24.0 Å². The summed E-state index contributed by atoms with van der Waals surface area (Å²) in [5.41, 5.74) is 1.33. The fraction of sp³-hybridized carbons (Fsp3) is 0.667. The second-order valence-corrected chi connectivity index (χ2v) is 9.46. The predicted octanol–water partition coefficient (Wildman–Crippen LogP) is 3.24. The number of nitrogens with zero attached hydrogens (tertiary/aromatic N) is 3. The zero-order chi connectivity index (χ0) is 21.8. The molecule has 1 unspecified atom stereocenters. The van der Waals surface area contributed by atoms with E-state index in [0.717, 1.165) is 37.2 Å². The van der Waals surface area contributed by atoms with E-state index in [1.807, 2.05) is 42.1 Å². The predicted molar refractivity (Wildman–Crippen MR) is 124 cm³/mol. The number of benzene rings is 1. The zero-order valence-corrected chi connectivity index (χ0v) is 18.8. The Bertz CT molecular complexity index is 785. The molecule has 1 saturated heterocycles. The molecule has 2 aliphatic heterocycles. The minimum atomic E-state index is -0.735. The van der Waals surface area contributed by atoms with Gasteiger partial charge >= 0.3 is 0 Å². The van der Waals surface area contributed by atoms with Crippen LogP contribution in [0.3, 0.4) is 0 Å². The molecule has 1 aliphatic carbocycles. The number of hydrogen-bond donors (Lipinski definition) is 2. The Kier molecular flexibility index (Phi) is 6.82. The number of hydrazone groups is 1. The van der Waals surface area contributed by atoms with Crippen molar-refractivity contribution in [2.24, 2.45) is 11.0 Å². The van der Waals surface area contributed by atoms with Gasteiger partial charge < -0.3 is 20.1 Å². The van der Waals surface area contributed by atoms with Crippen LogP contribution in [-0.4, -0.2) is 66.1 Å². The standard InChI is InChI=1S/C24H36N4O3/c1-18(2)31-15-12-25-20-4-3-5-21(16-20)28-22(8-11-26-28)17-24(30)9-13-27(14-10-24)23(29)19-6-7-19/h3-5,11,16,18-19,22,25,30H,6-10,12-15,17H2,1-2H3. The molecule has 1 atom stereocenters. The number of likely N-dealkylation sites (tertiary alicyclic amines) is 1. The number of ether oxygens (including phenoxy) is 1. The van der Waals surface area contributed by atoms with Crippen LogP contribution in [-0.2, 0) is 9.53 Å². The number of anilines is 2. The zero-order valence-electron chi connectivity index (χ0n) is 18.8. The first-order valence-corrected chi connectivity index (χ1v) is 11.7. The molecule has 2 N–H and O–H groups in total. The summed E-state index contributed by atoms with van der Waals surface area (Å²) in [6, 6.07) is 8.38. The van der Waals surface area contributed by atoms with Gasteiger partial charge in [0.05, 0.1) is 30.0 Å². The van der Waals surface area contributed by atoms with Crippen molar-refractivity contribution in [3.05, 3.63) is 24.3 Å². The maximum atomic E-state index is 12.3. The maximum Gasteiger partial charge on any atom is 0.225 e. The molecule has 0 aromatic heterocycles. The van der Waals surface area contributed by atoms with E-state index in [2.05, 4.69) is 22.6 Å². The number of piperidine rings is 1. The van der Waals surface area contributed by atoms with E-state index in [1.165, 1.54) is 0 Å². The van der Waals surface area contributed by atoms with Gasteiger partial charge in [0, 0.05) is 43.9 Å². The molecule has 7 nitrogen and oxygen atoms in total. The number of rotatable bonds is 9. The molecule has 7 heteroatoms. The van der Waals surface area contributed by atoms with Gasteiger partial charge in [-0.05, 0) is 64.2 Å². The Hall–Kier alpha value is -2.12. The highest BCUT2D eigenvalue weighted by Crippen LogP contribution is 2.36. The Morgan fingerprint density at radius 3 is 2.81 bits per heavy atom. The maximum absolute atomic E-state index is 12.3. The van der Waals surface area contributed by atoms with Gasteiger partial charge in [-0.15, -0.1) is 0 Å². The van der Waals surface area contributed by atoms with Gasteiger partial charge in [0.15, 0.2) is 0 Å². The fourth-order valence-corrected chi connectivity index (χ4v) is 4.52. The number of amides is 1. The summed E-state index contributed by atoms with van der Waals surface area (Å²) < 4.78 is 5.60. The molecule has 3 aliphatic rings. The number of carbonyl (C=O) groups excluding carboxylic acids is 1. The van der Waals surface area contributed by atoms with Crippen molar-refractivity contribution in [1.82, 2.24) is 4.90 Å². The van der Waals surface area contributed by atoms with Gasteiger partial charge in [-0.25, -0.2) is 0 Å². The summed E-state index contributed by atoms with van der Waals surface area (Å²) in [4.78, 5) is 14.3. The molecule has 1 amide bonds. The van der Waals surface area contributed by atoms with Crippen LogP contribution in [0, 0.1) is 5.92 Å². The SMILES string of the molecule is CC(C)OCCNc1cccc(N2N=CCC2CC2(O)CCN(C(=O)C3CC3)CC2)c1. The average Bonchev–Trinajstić information content (AvgIpc) is 3.51. The van der Waals surface area contributed by atoms with Gasteiger partial charge in [-0.3, -0.25) is 9.80 Å². The summed E-state index contributed by atoms with van der Waals surface area (Å²) >= 11 is 0. The van der Waals surface area contributed by atoms with Gasteiger partial charge in [0.25, 0.3) is 0 Å². The van der Waals surface area contributed by atoms with Gasteiger partial charge in [-0.1, -0.05) is 6.07 Å². The molecule has 0 bridgehead atoms. The largest absolute Gasteiger partial charge is 0.390 e. The molecular weight excluding hydrogens is 392 g/mol. The summed E-state index contributed by atoms with van der Waals surface area (Å²) in [7, 11) is 0. The molecule has 2 heterocycles. The number of aliphatic hydroxyl groups is 1. The highest BCUT2D eigenvalue weighted by Gasteiger charge is 2.41. The highest BCUT2D eigenvalue weighted by atomic mass is 16.5. The van der Waals surface area contributed by atoms with E-state index >= 15 is 0 Å². The molecule has 4 rings (SSSR count). The Labute approximate surface area is 185 Å². The summed E-state index contributed by atoms with van der Waals surface area (Å²) in [6.07, 6.45) is 7.03. The number of nitrogens with one attached hydrogen (secondary N) is 1. The van der Waals surface area contributed by atoms with Crippen molar-refractivity contribution in [2.75, 3.05) is 36.6 Å². The van der Waals surface area contributed by atoms with E-state index in [0.29, 0.717) is 39.0 Å². The highest BCUT2D eigenvalue weighted by molar-refractivity contribution is 5.81. The summed E-state index contributed by atoms with van der Waals surface area (Å²) in [6.45, 7) is 6.82. The Balaban J connectivity index is 1.32. The van der Waals surface area contributed by atoms with Crippen LogP contribution in [0.25, 0.3) is 0 Å². The van der Waals surface area contributed by atoms with E-state index in [4.69, 9.17) is 4.74 Å². The van der Waals surface area contributed by atoms with Crippen LogP contribution in [0.2, 0.25) is 0 Å². The van der Waals surface area contributed by atoms with Crippen LogP contribution in [0.5, 0.6) is 0 Å². The molecule has 0 radical (unpaired) electrons. The van der Waals surface area contributed by atoms with Crippen LogP contribution in [0.15, 0.2) is 29.4 Å². The number of hydrogen-bond acceptors (Lipinski definition) is 6. The molecule has 1 aromatic rings. The van der Waals surface area contributed by atoms with Crippen molar-refractivity contribution >= 4 is 23.5 Å². The minimum absolute atomic E-state index is 0.134. The van der Waals surface area contributed by atoms with Crippen molar-refractivity contribution in [1.29, 1.82) is 0 Å². The van der Waals surface area contributed by atoms with Gasteiger partial charge in [0.1, 0.15) is 0 Å². The third kappa shape index (κ3) is 5.77. The molecular formula is C24H36N4O3. The normalized spacial score (nSPS) is 22.9. The van der Waals surface area contributed by atoms with Crippen molar-refractivity contribution in [2.45, 2.75) is 70.1 Å². The first-order valence-electron chi connectivity index (χ1n) is 11.7. The third-order valence-electron chi connectivity index (χ3n) is 6.47. The lowest BCUT2D eigenvalue weighted by Crippen LogP contribution is -2.49. The third-order valence-corrected chi connectivity index (χ3v) is 6.47. The quantitative estimate of drug-likeness (QED) is 0.591. The van der Waals surface area contributed by atoms with Gasteiger partial charge in [0.2, 0.25) is 5.91 Å². The monoisotopic (exact) mass is 428 g/mol. The van der Waals surface area contributed by atoms with Gasteiger partial charge in [-0.2, -0.15) is 5.10 Å². The Morgan fingerprint density at radius 2 is 2.10 bits per heavy atom. The minimum Gasteiger partial charge on any atom is -0.390 e.